The van der Waals surface area contributed by atoms with Gasteiger partial charge in [0.05, 0.1) is 13.5 Å². The average molecular weight is 325 g/mol. The minimum atomic E-state index is -1.03. The molecule has 0 spiro atoms. The molecule has 1 aromatic heterocycles. The van der Waals surface area contributed by atoms with Crippen molar-refractivity contribution < 1.29 is 23.5 Å². The van der Waals surface area contributed by atoms with E-state index in [1.54, 1.807) is 18.2 Å². The number of rotatable bonds is 4. The summed E-state index contributed by atoms with van der Waals surface area (Å²) in [5.41, 5.74) is 0.539. The molecule has 0 fully saturated rings. The quantitative estimate of drug-likeness (QED) is 0.374. The monoisotopic (exact) mass is 324 g/mol. The number of furan rings is 1. The molecule has 1 heterocycles. The smallest absolute Gasteiger partial charge is 0.374 e. The zero-order valence-corrected chi connectivity index (χ0v) is 11.5. The zero-order chi connectivity index (χ0) is 14.0. The van der Waals surface area contributed by atoms with Crippen LogP contribution in [0.3, 0.4) is 0 Å². The fraction of sp³-hybridized carbons (Fsp3) is 0.154. The van der Waals surface area contributed by atoms with Crippen LogP contribution in [0.25, 0.3) is 11.0 Å². The van der Waals surface area contributed by atoms with Crippen LogP contribution < -0.4 is 0 Å². The first-order valence-corrected chi connectivity index (χ1v) is 6.14. The van der Waals surface area contributed by atoms with E-state index in [0.717, 1.165) is 17.0 Å². The number of carbonyl (C=O) groups excluding carboxylic acids is 3. The van der Waals surface area contributed by atoms with Crippen molar-refractivity contribution in [1.29, 1.82) is 0 Å². The van der Waals surface area contributed by atoms with Crippen LogP contribution in [0, 0.1) is 0 Å². The lowest BCUT2D eigenvalue weighted by Crippen LogP contribution is -2.19. The van der Waals surface area contributed by atoms with Gasteiger partial charge in [-0.05, 0) is 24.3 Å². The lowest BCUT2D eigenvalue weighted by atomic mass is 10.1. The summed E-state index contributed by atoms with van der Waals surface area (Å²) in [6.45, 7) is 0. The summed E-state index contributed by atoms with van der Waals surface area (Å²) in [5, 5.41) is 0.739. The summed E-state index contributed by atoms with van der Waals surface area (Å²) in [6.07, 6.45) is -0.562. The number of ketones is 2. The van der Waals surface area contributed by atoms with Crippen LogP contribution in [0.5, 0.6) is 0 Å². The highest BCUT2D eigenvalue weighted by Gasteiger charge is 2.21. The minimum absolute atomic E-state index is 0.0466. The Hall–Kier alpha value is -1.95. The summed E-state index contributed by atoms with van der Waals surface area (Å²) in [7, 11) is 1.09. The van der Waals surface area contributed by atoms with Gasteiger partial charge in [0.1, 0.15) is 5.58 Å². The average Bonchev–Trinajstić information content (AvgIpc) is 2.80. The van der Waals surface area contributed by atoms with Gasteiger partial charge in [0.25, 0.3) is 0 Å². The van der Waals surface area contributed by atoms with E-state index in [-0.39, 0.29) is 5.76 Å². The van der Waals surface area contributed by atoms with Crippen molar-refractivity contribution in [3.63, 3.8) is 0 Å². The van der Waals surface area contributed by atoms with Crippen LogP contribution in [0.4, 0.5) is 0 Å². The number of Topliss-reactive ketones (excluding diaryl/α,β-unsaturated/α-hetero) is 2. The summed E-state index contributed by atoms with van der Waals surface area (Å²) in [5.74, 6) is -2.44. The molecule has 0 amide bonds. The first-order chi connectivity index (χ1) is 9.01. The molecular weight excluding hydrogens is 316 g/mol. The highest BCUT2D eigenvalue weighted by atomic mass is 79.9. The predicted octanol–water partition coefficient (Wildman–Crippen LogP) is 2.51. The van der Waals surface area contributed by atoms with Crippen molar-refractivity contribution in [3.8, 4) is 0 Å². The molecule has 0 saturated heterocycles. The summed E-state index contributed by atoms with van der Waals surface area (Å²) < 4.78 is 10.4. The van der Waals surface area contributed by atoms with Crippen LogP contribution in [-0.2, 0) is 14.3 Å². The molecule has 0 aliphatic rings. The van der Waals surface area contributed by atoms with E-state index >= 15 is 0 Å². The number of esters is 1. The van der Waals surface area contributed by atoms with E-state index in [1.165, 1.54) is 6.07 Å². The van der Waals surface area contributed by atoms with E-state index in [1.807, 2.05) is 0 Å². The standard InChI is InChI=1S/C13H9BrO5/c1-18-13(17)10(16)6-9(15)12-5-7-4-8(14)2-3-11(7)19-12/h2-5H,6H2,1H3. The number of methoxy groups -OCH3 is 1. The third-order valence-corrected chi connectivity index (χ3v) is 2.98. The maximum absolute atomic E-state index is 11.8. The normalized spacial score (nSPS) is 10.4. The van der Waals surface area contributed by atoms with Crippen molar-refractivity contribution >= 4 is 44.4 Å². The number of hydrogen-bond donors (Lipinski definition) is 0. The van der Waals surface area contributed by atoms with Gasteiger partial charge in [-0.15, -0.1) is 0 Å². The molecule has 0 aliphatic carbocycles. The second-order valence-corrected chi connectivity index (χ2v) is 4.72. The highest BCUT2D eigenvalue weighted by molar-refractivity contribution is 9.10. The molecule has 19 heavy (non-hydrogen) atoms. The molecule has 5 nitrogen and oxygen atoms in total. The highest BCUT2D eigenvalue weighted by Crippen LogP contribution is 2.24. The molecule has 0 atom stereocenters. The topological polar surface area (TPSA) is 73.6 Å². The molecule has 2 aromatic rings. The molecule has 6 heteroatoms. The van der Waals surface area contributed by atoms with Gasteiger partial charge in [-0.3, -0.25) is 9.59 Å². The first-order valence-electron chi connectivity index (χ1n) is 5.34. The van der Waals surface area contributed by atoms with E-state index < -0.39 is 24.0 Å². The van der Waals surface area contributed by atoms with Gasteiger partial charge < -0.3 is 9.15 Å². The Bertz CT molecular complexity index is 671. The number of carbonyl (C=O) groups is 3. The Labute approximate surface area is 116 Å². The van der Waals surface area contributed by atoms with Gasteiger partial charge in [0.15, 0.2) is 5.76 Å². The van der Waals surface area contributed by atoms with Crippen molar-refractivity contribution in [2.75, 3.05) is 7.11 Å². The lowest BCUT2D eigenvalue weighted by Gasteiger charge is -1.96. The maximum Gasteiger partial charge on any atom is 0.374 e. The SMILES string of the molecule is COC(=O)C(=O)CC(=O)c1cc2cc(Br)ccc2o1. The Morgan fingerprint density at radius 3 is 2.68 bits per heavy atom. The molecule has 0 N–H and O–H groups in total. The van der Waals surface area contributed by atoms with Crippen LogP contribution in [-0.4, -0.2) is 24.6 Å². The largest absolute Gasteiger partial charge is 0.463 e. The molecule has 0 saturated carbocycles. The molecule has 0 bridgehead atoms. The van der Waals surface area contributed by atoms with Crippen molar-refractivity contribution in [3.05, 3.63) is 34.5 Å². The Morgan fingerprint density at radius 1 is 1.26 bits per heavy atom. The number of hydrogen-bond acceptors (Lipinski definition) is 5. The number of halogens is 1. The molecule has 1 aromatic carbocycles. The molecule has 2 rings (SSSR count). The fourth-order valence-corrected chi connectivity index (χ4v) is 1.95. The molecule has 0 radical (unpaired) electrons. The molecule has 98 valence electrons. The zero-order valence-electron chi connectivity index (χ0n) is 9.94. The number of ether oxygens (including phenoxy) is 1. The van der Waals surface area contributed by atoms with Gasteiger partial charge in [-0.2, -0.15) is 0 Å². The summed E-state index contributed by atoms with van der Waals surface area (Å²) >= 11 is 3.31. The molecule has 0 aliphatic heterocycles. The maximum atomic E-state index is 11.8. The van der Waals surface area contributed by atoms with E-state index in [2.05, 4.69) is 20.7 Å². The van der Waals surface area contributed by atoms with Crippen LogP contribution >= 0.6 is 15.9 Å². The van der Waals surface area contributed by atoms with E-state index in [0.29, 0.717) is 5.58 Å². The van der Waals surface area contributed by atoms with Gasteiger partial charge in [0.2, 0.25) is 11.6 Å². The van der Waals surface area contributed by atoms with Gasteiger partial charge >= 0.3 is 5.97 Å². The Balaban J connectivity index is 2.22. The van der Waals surface area contributed by atoms with Crippen LogP contribution in [0.2, 0.25) is 0 Å². The number of fused-ring (bicyclic) bond motifs is 1. The van der Waals surface area contributed by atoms with E-state index in [9.17, 15) is 14.4 Å². The minimum Gasteiger partial charge on any atom is -0.463 e. The second kappa shape index (κ2) is 5.36. The van der Waals surface area contributed by atoms with Gasteiger partial charge in [0, 0.05) is 9.86 Å². The lowest BCUT2D eigenvalue weighted by molar-refractivity contribution is -0.151. The van der Waals surface area contributed by atoms with E-state index in [4.69, 9.17) is 4.42 Å². The van der Waals surface area contributed by atoms with Crippen molar-refractivity contribution in [1.82, 2.24) is 0 Å². The Kier molecular flexibility index (Phi) is 3.80. The first kappa shape index (κ1) is 13.5. The Morgan fingerprint density at radius 2 is 2.00 bits per heavy atom. The fourth-order valence-electron chi connectivity index (χ4n) is 1.57. The molecular formula is C13H9BrO5. The number of benzene rings is 1. The third kappa shape index (κ3) is 2.90. The van der Waals surface area contributed by atoms with Gasteiger partial charge in [-0.25, -0.2) is 4.79 Å². The predicted molar refractivity (Wildman–Crippen MR) is 69.9 cm³/mol. The van der Waals surface area contributed by atoms with Crippen molar-refractivity contribution in [2.45, 2.75) is 6.42 Å². The van der Waals surface area contributed by atoms with Crippen LogP contribution in [0.1, 0.15) is 17.0 Å². The van der Waals surface area contributed by atoms with Crippen LogP contribution in [0.15, 0.2) is 33.2 Å². The summed E-state index contributed by atoms with van der Waals surface area (Å²) in [4.78, 5) is 34.0. The third-order valence-electron chi connectivity index (χ3n) is 2.49. The summed E-state index contributed by atoms with van der Waals surface area (Å²) in [6, 6.07) is 6.81. The van der Waals surface area contributed by atoms with Crippen molar-refractivity contribution in [2.24, 2.45) is 0 Å². The molecule has 0 unspecified atom stereocenters. The van der Waals surface area contributed by atoms with Gasteiger partial charge in [-0.1, -0.05) is 15.9 Å². The second-order valence-electron chi connectivity index (χ2n) is 3.81.